The number of nitrogens with two attached hydrogens (primary N) is 1. The predicted octanol–water partition coefficient (Wildman–Crippen LogP) is 3.98. The summed E-state index contributed by atoms with van der Waals surface area (Å²) in [5, 5.41) is -0.136. The minimum atomic E-state index is -4.45. The summed E-state index contributed by atoms with van der Waals surface area (Å²) >= 11 is 5.57. The first-order valence-electron chi connectivity index (χ1n) is 4.74. The van der Waals surface area contributed by atoms with Crippen molar-refractivity contribution < 1.29 is 13.2 Å². The molecule has 1 heterocycles. The summed E-state index contributed by atoms with van der Waals surface area (Å²) in [6, 6.07) is 0. The molecule has 2 nitrogen and oxygen atoms in total. The molecule has 1 rings (SSSR count). The van der Waals surface area contributed by atoms with Crippen molar-refractivity contribution in [1.29, 1.82) is 0 Å². The largest absolute Gasteiger partial charge is 0.418 e. The molecule has 1 aromatic rings. The van der Waals surface area contributed by atoms with Crippen LogP contribution in [0.2, 0.25) is 5.02 Å². The van der Waals surface area contributed by atoms with Crippen LogP contribution in [0.15, 0.2) is 0 Å². The van der Waals surface area contributed by atoms with Crippen molar-refractivity contribution in [3.05, 3.63) is 21.8 Å². The van der Waals surface area contributed by atoms with Crippen molar-refractivity contribution in [2.45, 2.75) is 33.9 Å². The van der Waals surface area contributed by atoms with Gasteiger partial charge >= 0.3 is 6.18 Å². The summed E-state index contributed by atoms with van der Waals surface area (Å²) in [5.74, 6) is -0.0744. The molecule has 0 radical (unpaired) electrons. The Morgan fingerprint density at radius 2 is 1.62 bits per heavy atom. The van der Waals surface area contributed by atoms with Gasteiger partial charge < -0.3 is 5.73 Å². The van der Waals surface area contributed by atoms with Crippen LogP contribution in [0.3, 0.4) is 0 Å². The molecule has 0 saturated heterocycles. The Labute approximate surface area is 97.6 Å². The molecule has 0 unspecified atom stereocenters. The number of hydrogen-bond donors (Lipinski definition) is 1. The molecule has 0 amide bonds. The van der Waals surface area contributed by atoms with Crippen LogP contribution in [0.4, 0.5) is 19.0 Å². The Balaban J connectivity index is 0.00000106. The lowest BCUT2D eigenvalue weighted by Gasteiger charge is -2.14. The molecular formula is C10H14ClF3N2. The quantitative estimate of drug-likeness (QED) is 0.761. The zero-order valence-electron chi connectivity index (χ0n) is 9.54. The number of nitrogens with zero attached hydrogens (tertiary/aromatic N) is 1. The maximum absolute atomic E-state index is 12.5. The average molecular weight is 255 g/mol. The van der Waals surface area contributed by atoms with Crippen LogP contribution in [0.1, 0.15) is 30.7 Å². The van der Waals surface area contributed by atoms with Crippen LogP contribution in [0.25, 0.3) is 0 Å². The molecule has 16 heavy (non-hydrogen) atoms. The third kappa shape index (κ3) is 3.01. The molecule has 92 valence electrons. The lowest BCUT2D eigenvalue weighted by molar-refractivity contribution is -0.138. The van der Waals surface area contributed by atoms with Gasteiger partial charge in [-0.05, 0) is 19.4 Å². The van der Waals surface area contributed by atoms with E-state index in [1.807, 2.05) is 13.8 Å². The van der Waals surface area contributed by atoms with E-state index in [2.05, 4.69) is 4.98 Å². The van der Waals surface area contributed by atoms with Crippen molar-refractivity contribution in [2.24, 2.45) is 0 Å². The van der Waals surface area contributed by atoms with Crippen LogP contribution in [-0.4, -0.2) is 4.98 Å². The minimum absolute atomic E-state index is 0.0744. The fraction of sp³-hybridized carbons (Fsp3) is 0.500. The molecule has 6 heteroatoms. The number of aromatic nitrogens is 1. The van der Waals surface area contributed by atoms with Crippen LogP contribution in [0.5, 0.6) is 0 Å². The van der Waals surface area contributed by atoms with Gasteiger partial charge in [0, 0.05) is 0 Å². The Morgan fingerprint density at radius 3 is 2.00 bits per heavy atom. The van der Waals surface area contributed by atoms with E-state index >= 15 is 0 Å². The van der Waals surface area contributed by atoms with Gasteiger partial charge in [0.25, 0.3) is 0 Å². The summed E-state index contributed by atoms with van der Waals surface area (Å²) in [4.78, 5) is 3.53. The number of nitrogen functional groups attached to an aromatic ring is 1. The van der Waals surface area contributed by atoms with Crippen LogP contribution < -0.4 is 5.73 Å². The van der Waals surface area contributed by atoms with Gasteiger partial charge in [-0.15, -0.1) is 0 Å². The molecule has 0 bridgehead atoms. The lowest BCUT2D eigenvalue weighted by atomic mass is 10.1. The number of aryl methyl sites for hydroxylation is 1. The molecular weight excluding hydrogens is 241 g/mol. The predicted molar refractivity (Wildman–Crippen MR) is 59.5 cm³/mol. The van der Waals surface area contributed by atoms with E-state index in [-0.39, 0.29) is 22.1 Å². The molecule has 0 saturated carbocycles. The second kappa shape index (κ2) is 5.39. The van der Waals surface area contributed by atoms with E-state index < -0.39 is 11.7 Å². The number of pyridine rings is 1. The zero-order valence-corrected chi connectivity index (χ0v) is 10.3. The highest BCUT2D eigenvalue weighted by Gasteiger charge is 2.36. The fourth-order valence-electron chi connectivity index (χ4n) is 1.28. The molecule has 1 aromatic heterocycles. The van der Waals surface area contributed by atoms with Crippen molar-refractivity contribution in [2.75, 3.05) is 5.73 Å². The molecule has 0 atom stereocenters. The van der Waals surface area contributed by atoms with Crippen molar-refractivity contribution in [3.8, 4) is 0 Å². The van der Waals surface area contributed by atoms with Gasteiger partial charge in [0.05, 0.1) is 16.3 Å². The first kappa shape index (κ1) is 15.0. The number of alkyl halides is 3. The maximum Gasteiger partial charge on any atom is 0.418 e. The normalized spacial score (nSPS) is 10.8. The van der Waals surface area contributed by atoms with E-state index in [4.69, 9.17) is 17.3 Å². The van der Waals surface area contributed by atoms with Gasteiger partial charge in [0.15, 0.2) is 0 Å². The van der Waals surface area contributed by atoms with Gasteiger partial charge in [-0.25, -0.2) is 4.98 Å². The molecule has 0 aliphatic heterocycles. The molecule has 0 aliphatic carbocycles. The summed E-state index contributed by atoms with van der Waals surface area (Å²) in [5.41, 5.74) is 4.28. The molecule has 0 aromatic carbocycles. The van der Waals surface area contributed by atoms with Crippen molar-refractivity contribution in [3.63, 3.8) is 0 Å². The van der Waals surface area contributed by atoms with E-state index in [0.29, 0.717) is 0 Å². The zero-order chi connectivity index (χ0) is 13.1. The van der Waals surface area contributed by atoms with Crippen LogP contribution in [-0.2, 0) is 6.18 Å². The highest BCUT2D eigenvalue weighted by molar-refractivity contribution is 6.33. The van der Waals surface area contributed by atoms with E-state index in [0.717, 1.165) is 0 Å². The monoisotopic (exact) mass is 254 g/mol. The van der Waals surface area contributed by atoms with Gasteiger partial charge in [0.2, 0.25) is 0 Å². The van der Waals surface area contributed by atoms with Crippen LogP contribution >= 0.6 is 11.6 Å². The minimum Gasteiger partial charge on any atom is -0.382 e. The van der Waals surface area contributed by atoms with E-state index in [1.54, 1.807) is 0 Å². The average Bonchev–Trinajstić information content (AvgIpc) is 2.15. The van der Waals surface area contributed by atoms with E-state index in [9.17, 15) is 13.2 Å². The van der Waals surface area contributed by atoms with Gasteiger partial charge in [-0.1, -0.05) is 25.4 Å². The Morgan fingerprint density at radius 1 is 1.19 bits per heavy atom. The summed E-state index contributed by atoms with van der Waals surface area (Å²) in [6.45, 7) is 6.53. The highest BCUT2D eigenvalue weighted by atomic mass is 35.5. The topological polar surface area (TPSA) is 38.9 Å². The van der Waals surface area contributed by atoms with Crippen molar-refractivity contribution in [1.82, 2.24) is 4.98 Å². The molecule has 2 N–H and O–H groups in total. The Bertz CT molecular complexity index is 375. The highest BCUT2D eigenvalue weighted by Crippen LogP contribution is 2.37. The number of halogens is 4. The van der Waals surface area contributed by atoms with Gasteiger partial charge in [-0.2, -0.15) is 13.2 Å². The number of rotatable bonds is 0. The van der Waals surface area contributed by atoms with Gasteiger partial charge in [-0.3, -0.25) is 0 Å². The lowest BCUT2D eigenvalue weighted by Crippen LogP contribution is -2.13. The Kier molecular flexibility index (Phi) is 5.06. The SMILES string of the molecule is CC.Cc1nc(N)c(Cl)c(C)c1C(F)(F)F. The van der Waals surface area contributed by atoms with Gasteiger partial charge in [0.1, 0.15) is 5.82 Å². The summed E-state index contributed by atoms with van der Waals surface area (Å²) in [7, 11) is 0. The summed E-state index contributed by atoms with van der Waals surface area (Å²) < 4.78 is 37.4. The second-order valence-corrected chi connectivity index (χ2v) is 3.27. The standard InChI is InChI=1S/C8H8ClF3N2.C2H6/c1-3-5(8(10,11)12)4(2)14-7(13)6(3)9;1-2/h1-2H3,(H2,13,14);1-2H3. The Hall–Kier alpha value is -0.970. The summed E-state index contributed by atoms with van der Waals surface area (Å²) in [6.07, 6.45) is -4.45. The first-order valence-corrected chi connectivity index (χ1v) is 5.12. The third-order valence-corrected chi connectivity index (χ3v) is 2.34. The number of hydrogen-bond acceptors (Lipinski definition) is 2. The maximum atomic E-state index is 12.5. The third-order valence-electron chi connectivity index (χ3n) is 1.86. The number of anilines is 1. The molecule has 0 spiro atoms. The molecule has 0 fully saturated rings. The molecule has 0 aliphatic rings. The van der Waals surface area contributed by atoms with E-state index in [1.165, 1.54) is 13.8 Å². The smallest absolute Gasteiger partial charge is 0.382 e. The van der Waals surface area contributed by atoms with Crippen molar-refractivity contribution >= 4 is 17.4 Å². The first-order chi connectivity index (χ1) is 7.25. The second-order valence-electron chi connectivity index (χ2n) is 2.89. The van der Waals surface area contributed by atoms with Crippen LogP contribution in [0, 0.1) is 13.8 Å². The fourth-order valence-corrected chi connectivity index (χ4v) is 1.41.